The minimum Gasteiger partial charge on any atom is -0.867 e. The van der Waals surface area contributed by atoms with Gasteiger partial charge in [0.25, 0.3) is 0 Å². The Morgan fingerprint density at radius 2 is 0.500 bits per heavy atom. The van der Waals surface area contributed by atoms with Gasteiger partial charge in [0.05, 0.1) is 0 Å². The van der Waals surface area contributed by atoms with Gasteiger partial charge in [-0.2, -0.15) is 0 Å². The van der Waals surface area contributed by atoms with Gasteiger partial charge in [-0.1, -0.05) is 0 Å². The van der Waals surface area contributed by atoms with Crippen molar-refractivity contribution in [2.75, 3.05) is 0 Å². The molecular formula is B3Cr2F3O6. The van der Waals surface area contributed by atoms with Crippen LogP contribution in [0.15, 0.2) is 0 Å². The van der Waals surface area contributed by atoms with Crippen LogP contribution in [-0.2, 0) is 34.7 Å². The molecule has 0 atom stereocenters. The molecule has 0 unspecified atom stereocenters. The Bertz CT molecular complexity index is 54.8. The van der Waals surface area contributed by atoms with Crippen LogP contribution < -0.4 is 30.1 Å². The molecule has 0 aliphatic rings. The van der Waals surface area contributed by atoms with Gasteiger partial charge >= 0.3 is 34.7 Å². The van der Waals surface area contributed by atoms with E-state index in [-0.39, 0.29) is 34.7 Å². The molecule has 0 aliphatic heterocycles. The van der Waals surface area contributed by atoms with Crippen LogP contribution in [-0.4, -0.2) is 22.2 Å². The van der Waals surface area contributed by atoms with Crippen LogP contribution in [0.3, 0.4) is 0 Å². The first kappa shape index (κ1) is 29.3. The summed E-state index contributed by atoms with van der Waals surface area (Å²) in [5, 5.41) is 49.8. The van der Waals surface area contributed by atoms with Crippen LogP contribution in [0.25, 0.3) is 0 Å². The molecule has 6 nitrogen and oxygen atoms in total. The molecule has 0 fully saturated rings. The second-order valence-electron chi connectivity index (χ2n) is 0.823. The first-order valence-corrected chi connectivity index (χ1v) is 2.07. The molecule has 0 aromatic rings. The maximum Gasteiger partial charge on any atom is 3.00 e. The van der Waals surface area contributed by atoms with E-state index in [1.807, 2.05) is 0 Å². The molecule has 0 heterocycles. The molecule has 0 spiro atoms. The van der Waals surface area contributed by atoms with E-state index in [2.05, 4.69) is 0 Å². The molecule has 0 bridgehead atoms. The maximum atomic E-state index is 9.89. The van der Waals surface area contributed by atoms with E-state index in [0.29, 0.717) is 0 Å². The van der Waals surface area contributed by atoms with E-state index in [9.17, 15) is 12.9 Å². The van der Waals surface area contributed by atoms with Gasteiger partial charge in [-0.3, -0.25) is 0 Å². The van der Waals surface area contributed by atoms with Crippen molar-refractivity contribution in [3.05, 3.63) is 0 Å². The molecule has 0 amide bonds. The number of halogens is 3. The minimum atomic E-state index is -3.17. The van der Waals surface area contributed by atoms with Crippen LogP contribution in [0.4, 0.5) is 12.9 Å². The Morgan fingerprint density at radius 1 is 0.500 bits per heavy atom. The van der Waals surface area contributed by atoms with Crippen LogP contribution >= 0.6 is 0 Å². The minimum absolute atomic E-state index is 0. The first-order valence-electron chi connectivity index (χ1n) is 2.07. The molecule has 14 heteroatoms. The van der Waals surface area contributed by atoms with E-state index in [1.54, 1.807) is 0 Å². The van der Waals surface area contributed by atoms with Gasteiger partial charge in [0.2, 0.25) is 0 Å². The molecular weight excluding hydrogens is 289 g/mol. The monoisotopic (exact) mass is 290 g/mol. The summed E-state index contributed by atoms with van der Waals surface area (Å²) in [5.74, 6) is 0. The summed E-state index contributed by atoms with van der Waals surface area (Å²) in [6.07, 6.45) is 0. The smallest absolute Gasteiger partial charge is 0.867 e. The maximum absolute atomic E-state index is 9.89. The average molecular weight is 289 g/mol. The van der Waals surface area contributed by atoms with E-state index >= 15 is 0 Å². The van der Waals surface area contributed by atoms with Crippen molar-refractivity contribution in [2.45, 2.75) is 0 Å². The SMILES string of the molecule is [Cr+3].[Cr+3].[O-]B([O-])F.[O-]B([O-])F.[O-]B([O-])F. The summed E-state index contributed by atoms with van der Waals surface area (Å²) in [7, 11) is -9.50. The van der Waals surface area contributed by atoms with Gasteiger partial charge in [0.1, 0.15) is 22.2 Å². The molecule has 0 aromatic carbocycles. The summed E-state index contributed by atoms with van der Waals surface area (Å²) in [6.45, 7) is 0. The Balaban J connectivity index is -0.0000000270. The van der Waals surface area contributed by atoms with Gasteiger partial charge in [-0.25, -0.2) is 0 Å². The summed E-state index contributed by atoms with van der Waals surface area (Å²) < 4.78 is 29.7. The quantitative estimate of drug-likeness (QED) is 0.406. The first-order chi connectivity index (χ1) is 5.20. The molecule has 0 saturated carbocycles. The number of hydrogen-bond donors (Lipinski definition) is 0. The van der Waals surface area contributed by atoms with E-state index in [0.717, 1.165) is 0 Å². The van der Waals surface area contributed by atoms with Crippen molar-refractivity contribution in [2.24, 2.45) is 0 Å². The molecule has 0 saturated heterocycles. The predicted molar refractivity (Wildman–Crippen MR) is 20.6 cm³/mol. The Labute approximate surface area is 100 Å². The van der Waals surface area contributed by atoms with Crippen LogP contribution in [0.1, 0.15) is 0 Å². The summed E-state index contributed by atoms with van der Waals surface area (Å²) in [4.78, 5) is 0. The number of rotatable bonds is 0. The number of hydrogen-bond acceptors (Lipinski definition) is 6. The fourth-order valence-corrected chi connectivity index (χ4v) is 0. The van der Waals surface area contributed by atoms with Crippen molar-refractivity contribution < 1.29 is 77.8 Å². The third kappa shape index (κ3) is 2720. The summed E-state index contributed by atoms with van der Waals surface area (Å²) >= 11 is 0. The molecule has 0 aromatic heterocycles. The van der Waals surface area contributed by atoms with E-state index < -0.39 is 22.2 Å². The van der Waals surface area contributed by atoms with Crippen molar-refractivity contribution >= 4 is 22.2 Å². The van der Waals surface area contributed by atoms with Gasteiger partial charge < -0.3 is 43.1 Å². The summed E-state index contributed by atoms with van der Waals surface area (Å²) in [6, 6.07) is 0. The molecule has 78 valence electrons. The second-order valence-corrected chi connectivity index (χ2v) is 0.823. The molecule has 14 heavy (non-hydrogen) atoms. The van der Waals surface area contributed by atoms with Gasteiger partial charge in [0, 0.05) is 0 Å². The van der Waals surface area contributed by atoms with Gasteiger partial charge in [-0.15, -0.1) is 0 Å². The Morgan fingerprint density at radius 3 is 0.500 bits per heavy atom. The zero-order valence-electron chi connectivity index (χ0n) is 6.13. The van der Waals surface area contributed by atoms with Crippen molar-refractivity contribution in [3.8, 4) is 0 Å². The average Bonchev–Trinajstić information content (AvgIpc) is 1.54. The van der Waals surface area contributed by atoms with Crippen molar-refractivity contribution in [3.63, 3.8) is 0 Å². The van der Waals surface area contributed by atoms with Crippen molar-refractivity contribution in [1.82, 2.24) is 0 Å². The van der Waals surface area contributed by atoms with Crippen LogP contribution in [0.2, 0.25) is 0 Å². The third-order valence-electron chi connectivity index (χ3n) is 0. The molecule has 0 aliphatic carbocycles. The molecule has 2 radical (unpaired) electrons. The molecule has 0 rings (SSSR count). The predicted octanol–water partition coefficient (Wildman–Crippen LogP) is -7.02. The zero-order chi connectivity index (χ0) is 10.7. The fourth-order valence-electron chi connectivity index (χ4n) is 0. The largest absolute Gasteiger partial charge is 3.00 e. The van der Waals surface area contributed by atoms with E-state index in [4.69, 9.17) is 30.1 Å². The molecule has 0 N–H and O–H groups in total. The Hall–Kier alpha value is 0.810. The Kier molecular flexibility index (Phi) is 49.4. The van der Waals surface area contributed by atoms with E-state index in [1.165, 1.54) is 0 Å². The second kappa shape index (κ2) is 23.5. The van der Waals surface area contributed by atoms with Crippen LogP contribution in [0, 0.1) is 0 Å². The van der Waals surface area contributed by atoms with Crippen molar-refractivity contribution in [1.29, 1.82) is 0 Å². The standard InChI is InChI=1S/3BFO2.2Cr/c3*2-1(3)4;;/q3*-2;2*+3. The third-order valence-corrected chi connectivity index (χ3v) is 0. The van der Waals surface area contributed by atoms with Gasteiger partial charge in [-0.05, 0) is 0 Å². The van der Waals surface area contributed by atoms with Crippen LogP contribution in [0.5, 0.6) is 0 Å². The fraction of sp³-hybridized carbons (Fsp3) is 0. The summed E-state index contributed by atoms with van der Waals surface area (Å²) in [5.41, 5.74) is 0. The van der Waals surface area contributed by atoms with Gasteiger partial charge in [0.15, 0.2) is 0 Å². The normalized spacial score (nSPS) is 5.79. The zero-order valence-corrected chi connectivity index (χ0v) is 8.68. The topological polar surface area (TPSA) is 138 Å².